The van der Waals surface area contributed by atoms with E-state index in [0.29, 0.717) is 17.0 Å². The van der Waals surface area contributed by atoms with Gasteiger partial charge in [0, 0.05) is 11.6 Å². The lowest BCUT2D eigenvalue weighted by atomic mass is 10.1. The smallest absolute Gasteiger partial charge is 0.330 e. The second kappa shape index (κ2) is 7.65. The minimum Gasteiger partial charge on any atom is -0.497 e. The highest BCUT2D eigenvalue weighted by atomic mass is 32.2. The molecule has 2 aromatic rings. The molecule has 0 heterocycles. The van der Waals surface area contributed by atoms with Gasteiger partial charge in [0.15, 0.2) is 0 Å². The molecule has 0 saturated carbocycles. The third-order valence-electron chi connectivity index (χ3n) is 3.16. The first kappa shape index (κ1) is 17.6. The topological polar surface area (TPSA) is 81.7 Å². The average Bonchev–Trinajstić information content (AvgIpc) is 2.61. The van der Waals surface area contributed by atoms with Gasteiger partial charge >= 0.3 is 5.97 Å². The lowest BCUT2D eigenvalue weighted by Crippen LogP contribution is -2.13. The predicted molar refractivity (Wildman–Crippen MR) is 91.3 cm³/mol. The van der Waals surface area contributed by atoms with Gasteiger partial charge in [-0.2, -0.15) is 0 Å². The lowest BCUT2D eigenvalue weighted by Gasteiger charge is -2.12. The molecular weight excluding hydrogens is 330 g/mol. The van der Waals surface area contributed by atoms with Gasteiger partial charge in [-0.05, 0) is 36.4 Å². The number of carbonyl (C=O) groups is 1. The van der Waals surface area contributed by atoms with Crippen molar-refractivity contribution in [3.05, 3.63) is 60.2 Å². The van der Waals surface area contributed by atoms with Crippen molar-refractivity contribution in [2.24, 2.45) is 0 Å². The summed E-state index contributed by atoms with van der Waals surface area (Å²) >= 11 is 0. The zero-order valence-corrected chi connectivity index (χ0v) is 14.0. The molecule has 6 nitrogen and oxygen atoms in total. The maximum absolute atomic E-state index is 12.4. The van der Waals surface area contributed by atoms with Crippen molar-refractivity contribution in [3.8, 4) is 5.75 Å². The molecule has 126 valence electrons. The Morgan fingerprint density at radius 2 is 1.79 bits per heavy atom. The summed E-state index contributed by atoms with van der Waals surface area (Å²) in [6, 6.07) is 12.8. The Balaban J connectivity index is 2.39. The highest BCUT2D eigenvalue weighted by Crippen LogP contribution is 2.26. The number of nitrogens with one attached hydrogen (secondary N) is 1. The summed E-state index contributed by atoms with van der Waals surface area (Å²) in [7, 11) is -0.982. The zero-order chi connectivity index (χ0) is 17.6. The van der Waals surface area contributed by atoms with Crippen LogP contribution in [0.5, 0.6) is 5.75 Å². The van der Waals surface area contributed by atoms with Gasteiger partial charge in [-0.1, -0.05) is 18.2 Å². The van der Waals surface area contributed by atoms with Gasteiger partial charge in [-0.25, -0.2) is 13.2 Å². The number of esters is 1. The molecule has 24 heavy (non-hydrogen) atoms. The molecule has 0 saturated heterocycles. The van der Waals surface area contributed by atoms with Gasteiger partial charge in [-0.3, -0.25) is 4.72 Å². The molecule has 0 atom stereocenters. The fourth-order valence-electron chi connectivity index (χ4n) is 1.93. The van der Waals surface area contributed by atoms with E-state index < -0.39 is 16.0 Å². The van der Waals surface area contributed by atoms with E-state index in [9.17, 15) is 13.2 Å². The molecule has 0 aliphatic heterocycles. The first-order chi connectivity index (χ1) is 11.5. The van der Waals surface area contributed by atoms with Gasteiger partial charge in [0.2, 0.25) is 0 Å². The lowest BCUT2D eigenvalue weighted by molar-refractivity contribution is -0.134. The van der Waals surface area contributed by atoms with Crippen LogP contribution >= 0.6 is 0 Å². The average molecular weight is 347 g/mol. The molecule has 0 aliphatic rings. The second-order valence-electron chi connectivity index (χ2n) is 4.73. The van der Waals surface area contributed by atoms with Gasteiger partial charge in [0.1, 0.15) is 5.75 Å². The Morgan fingerprint density at radius 3 is 2.42 bits per heavy atom. The van der Waals surface area contributed by atoms with Crippen molar-refractivity contribution in [1.29, 1.82) is 0 Å². The molecule has 0 fully saturated rings. The van der Waals surface area contributed by atoms with Crippen molar-refractivity contribution < 1.29 is 22.7 Å². The number of sulfonamides is 1. The third-order valence-corrected chi connectivity index (χ3v) is 4.54. The van der Waals surface area contributed by atoms with Crippen LogP contribution < -0.4 is 9.46 Å². The van der Waals surface area contributed by atoms with E-state index in [0.717, 1.165) is 0 Å². The van der Waals surface area contributed by atoms with Crippen LogP contribution in [-0.4, -0.2) is 28.6 Å². The Bertz CT molecular complexity index is 845. The van der Waals surface area contributed by atoms with E-state index in [1.54, 1.807) is 36.4 Å². The molecule has 2 aromatic carbocycles. The number of anilines is 1. The number of hydrogen-bond acceptors (Lipinski definition) is 5. The van der Waals surface area contributed by atoms with Crippen molar-refractivity contribution in [3.63, 3.8) is 0 Å². The van der Waals surface area contributed by atoms with E-state index in [1.165, 1.54) is 38.5 Å². The van der Waals surface area contributed by atoms with Crippen LogP contribution in [0.1, 0.15) is 5.56 Å². The van der Waals surface area contributed by atoms with Crippen LogP contribution in [-0.2, 0) is 19.6 Å². The van der Waals surface area contributed by atoms with Gasteiger partial charge < -0.3 is 9.47 Å². The van der Waals surface area contributed by atoms with Crippen molar-refractivity contribution in [2.75, 3.05) is 18.9 Å². The van der Waals surface area contributed by atoms with Crippen LogP contribution in [0.3, 0.4) is 0 Å². The summed E-state index contributed by atoms with van der Waals surface area (Å²) in [6.45, 7) is 0. The summed E-state index contributed by atoms with van der Waals surface area (Å²) in [4.78, 5) is 11.4. The van der Waals surface area contributed by atoms with E-state index in [1.807, 2.05) is 0 Å². The highest BCUT2D eigenvalue weighted by molar-refractivity contribution is 7.92. The molecule has 2 rings (SSSR count). The quantitative estimate of drug-likeness (QED) is 0.642. The molecule has 0 spiro atoms. The molecule has 0 unspecified atom stereocenters. The van der Waals surface area contributed by atoms with Crippen LogP contribution in [0.4, 0.5) is 5.69 Å². The molecular formula is C17H17NO5S. The zero-order valence-electron chi connectivity index (χ0n) is 13.2. The molecule has 0 aromatic heterocycles. The number of ether oxygens (including phenoxy) is 2. The SMILES string of the molecule is COC(=O)C=Cc1cc(OC)ccc1NS(=O)(=O)c1ccccc1. The second-order valence-corrected chi connectivity index (χ2v) is 6.41. The predicted octanol–water partition coefficient (Wildman–Crippen LogP) is 2.68. The minimum atomic E-state index is -3.74. The molecule has 0 aliphatic carbocycles. The summed E-state index contributed by atoms with van der Waals surface area (Å²) in [6.07, 6.45) is 2.66. The van der Waals surface area contributed by atoms with Gasteiger partial charge in [-0.15, -0.1) is 0 Å². The van der Waals surface area contributed by atoms with Crippen molar-refractivity contribution >= 4 is 27.8 Å². The molecule has 0 bridgehead atoms. The Kier molecular flexibility index (Phi) is 5.59. The Hall–Kier alpha value is -2.80. The van der Waals surface area contributed by atoms with Crippen LogP contribution in [0.15, 0.2) is 59.5 Å². The molecule has 7 heteroatoms. The summed E-state index contributed by atoms with van der Waals surface area (Å²) < 4.78 is 37.1. The van der Waals surface area contributed by atoms with E-state index in [4.69, 9.17) is 4.74 Å². The van der Waals surface area contributed by atoms with Crippen molar-refractivity contribution in [1.82, 2.24) is 0 Å². The highest BCUT2D eigenvalue weighted by Gasteiger charge is 2.15. The number of methoxy groups -OCH3 is 2. The summed E-state index contributed by atoms with van der Waals surface area (Å²) in [5.74, 6) is -0.0168. The number of rotatable bonds is 6. The molecule has 1 N–H and O–H groups in total. The van der Waals surface area contributed by atoms with E-state index >= 15 is 0 Å². The van der Waals surface area contributed by atoms with Crippen LogP contribution in [0.2, 0.25) is 0 Å². The third kappa shape index (κ3) is 4.36. The summed E-state index contributed by atoms with van der Waals surface area (Å²) in [5.41, 5.74) is 0.791. The largest absolute Gasteiger partial charge is 0.497 e. The van der Waals surface area contributed by atoms with Gasteiger partial charge in [0.25, 0.3) is 10.0 Å². The monoisotopic (exact) mass is 347 g/mol. The van der Waals surface area contributed by atoms with Gasteiger partial charge in [0.05, 0.1) is 24.8 Å². The minimum absolute atomic E-state index is 0.142. The normalized spacial score (nSPS) is 11.2. The van der Waals surface area contributed by atoms with E-state index in [2.05, 4.69) is 9.46 Å². The first-order valence-corrected chi connectivity index (χ1v) is 8.46. The van der Waals surface area contributed by atoms with Crippen molar-refractivity contribution in [2.45, 2.75) is 4.90 Å². The standard InChI is InChI=1S/C17H17NO5S/c1-22-14-9-10-16(13(12-14)8-11-17(19)23-2)18-24(20,21)15-6-4-3-5-7-15/h3-12,18H,1-2H3. The fraction of sp³-hybridized carbons (Fsp3) is 0.118. The molecule has 0 radical (unpaired) electrons. The Labute approximate surface area is 140 Å². The van der Waals surface area contributed by atoms with Crippen LogP contribution in [0, 0.1) is 0 Å². The fourth-order valence-corrected chi connectivity index (χ4v) is 3.04. The first-order valence-electron chi connectivity index (χ1n) is 6.98. The number of benzene rings is 2. The Morgan fingerprint density at radius 1 is 1.08 bits per heavy atom. The van der Waals surface area contributed by atoms with E-state index in [-0.39, 0.29) is 4.90 Å². The maximum atomic E-state index is 12.4. The number of carbonyl (C=O) groups excluding carboxylic acids is 1. The van der Waals surface area contributed by atoms with Crippen LogP contribution in [0.25, 0.3) is 6.08 Å². The molecule has 0 amide bonds. The number of hydrogen-bond donors (Lipinski definition) is 1. The maximum Gasteiger partial charge on any atom is 0.330 e. The summed E-state index contributed by atoms with van der Waals surface area (Å²) in [5, 5.41) is 0.